The molecular formula is C15H17N3O3S. The summed E-state index contributed by atoms with van der Waals surface area (Å²) in [4.78, 5) is 21.5. The molecule has 0 saturated heterocycles. The van der Waals surface area contributed by atoms with Crippen molar-refractivity contribution < 1.29 is 8.95 Å². The molecule has 1 atom stereocenters. The summed E-state index contributed by atoms with van der Waals surface area (Å²) < 4.78 is 19.5. The minimum Gasteiger partial charge on any atom is -0.376 e. The van der Waals surface area contributed by atoms with Gasteiger partial charge in [-0.25, -0.2) is 9.97 Å². The highest BCUT2D eigenvalue weighted by Gasteiger charge is 2.23. The molecular weight excluding hydrogens is 302 g/mol. The van der Waals surface area contributed by atoms with Crippen LogP contribution in [-0.4, -0.2) is 31.1 Å². The van der Waals surface area contributed by atoms with Gasteiger partial charge in [0.15, 0.2) is 0 Å². The fourth-order valence-electron chi connectivity index (χ4n) is 3.28. The Balaban J connectivity index is 2.03. The molecule has 2 aromatic heterocycles. The van der Waals surface area contributed by atoms with E-state index in [9.17, 15) is 9.00 Å². The molecule has 0 amide bonds. The zero-order chi connectivity index (χ0) is 15.1. The van der Waals surface area contributed by atoms with Crippen molar-refractivity contribution in [1.82, 2.24) is 14.5 Å². The van der Waals surface area contributed by atoms with E-state index in [1.54, 1.807) is 16.8 Å². The number of hydrogen-bond acceptors (Lipinski definition) is 5. The maximum atomic E-state index is 12.8. The van der Waals surface area contributed by atoms with Gasteiger partial charge >= 0.3 is 0 Å². The second-order valence-corrected chi connectivity index (χ2v) is 7.28. The second-order valence-electron chi connectivity index (χ2n) is 5.82. The molecule has 7 heteroatoms. The smallest absolute Gasteiger partial charge is 0.258 e. The molecule has 0 radical (unpaired) electrons. The molecule has 1 aliphatic carbocycles. The van der Waals surface area contributed by atoms with Crippen LogP contribution < -0.4 is 5.56 Å². The number of aromatic nitrogens is 3. The van der Waals surface area contributed by atoms with Crippen molar-refractivity contribution in [2.45, 2.75) is 43.5 Å². The highest BCUT2D eigenvalue weighted by Crippen LogP contribution is 2.30. The molecule has 0 N–H and O–H groups in total. The summed E-state index contributed by atoms with van der Waals surface area (Å²) in [5.41, 5.74) is 1.21. The summed E-state index contributed by atoms with van der Waals surface area (Å²) in [6, 6.07) is 1.98. The second kappa shape index (κ2) is 5.55. The van der Waals surface area contributed by atoms with E-state index >= 15 is 0 Å². The summed E-state index contributed by atoms with van der Waals surface area (Å²) in [5, 5.41) is 1.10. The van der Waals surface area contributed by atoms with Crippen molar-refractivity contribution in [2.75, 3.05) is 12.4 Å². The molecule has 1 saturated carbocycles. The van der Waals surface area contributed by atoms with Crippen molar-refractivity contribution in [1.29, 1.82) is 0 Å². The third kappa shape index (κ3) is 2.28. The molecule has 4 heterocycles. The summed E-state index contributed by atoms with van der Waals surface area (Å²) in [6.45, 7) is 0.582. The normalized spacial score (nSPS) is 22.6. The average Bonchev–Trinajstić information content (AvgIpc) is 3.03. The molecule has 0 spiro atoms. The van der Waals surface area contributed by atoms with Gasteiger partial charge in [0.2, 0.25) is 5.16 Å². The highest BCUT2D eigenvalue weighted by molar-refractivity contribution is 7.84. The molecule has 116 valence electrons. The molecule has 22 heavy (non-hydrogen) atoms. The lowest BCUT2D eigenvalue weighted by Gasteiger charge is -2.17. The zero-order valence-corrected chi connectivity index (χ0v) is 13.0. The molecule has 4 bridgehead atoms. The van der Waals surface area contributed by atoms with E-state index in [0.717, 1.165) is 31.1 Å². The fraction of sp³-hybridized carbons (Fsp3) is 0.533. The SMILES string of the molecule is O=c1c2cc3cnc(nc3n1C1CCCC1)S(=O)CCOC2. The fourth-order valence-corrected chi connectivity index (χ4v) is 4.09. The van der Waals surface area contributed by atoms with Crippen LogP contribution in [0.15, 0.2) is 22.2 Å². The maximum Gasteiger partial charge on any atom is 0.258 e. The molecule has 1 unspecified atom stereocenters. The Labute approximate surface area is 130 Å². The Bertz CT molecular complexity index is 812. The van der Waals surface area contributed by atoms with Gasteiger partial charge in [0.05, 0.1) is 29.8 Å². The lowest BCUT2D eigenvalue weighted by molar-refractivity contribution is 0.135. The van der Waals surface area contributed by atoms with Gasteiger partial charge in [-0.05, 0) is 18.9 Å². The zero-order valence-electron chi connectivity index (χ0n) is 12.2. The summed E-state index contributed by atoms with van der Waals surface area (Å²) in [7, 11) is -1.29. The van der Waals surface area contributed by atoms with Crippen molar-refractivity contribution in [3.8, 4) is 0 Å². The first-order valence-corrected chi connectivity index (χ1v) is 8.93. The first kappa shape index (κ1) is 14.0. The van der Waals surface area contributed by atoms with E-state index in [-0.39, 0.29) is 23.4 Å². The first-order chi connectivity index (χ1) is 10.7. The van der Waals surface area contributed by atoms with Gasteiger partial charge in [0, 0.05) is 23.2 Å². The average molecular weight is 319 g/mol. The topological polar surface area (TPSA) is 74.1 Å². The highest BCUT2D eigenvalue weighted by atomic mass is 32.2. The van der Waals surface area contributed by atoms with Gasteiger partial charge in [-0.3, -0.25) is 13.6 Å². The van der Waals surface area contributed by atoms with Crippen LogP contribution >= 0.6 is 0 Å². The number of rotatable bonds is 1. The quantitative estimate of drug-likeness (QED) is 0.746. The number of hydrogen-bond donors (Lipinski definition) is 0. The summed E-state index contributed by atoms with van der Waals surface area (Å²) in [6.07, 6.45) is 5.91. The summed E-state index contributed by atoms with van der Waals surface area (Å²) >= 11 is 0. The van der Waals surface area contributed by atoms with E-state index in [0.29, 0.717) is 23.6 Å². The molecule has 5 rings (SSSR count). The monoisotopic (exact) mass is 319 g/mol. The van der Waals surface area contributed by atoms with E-state index in [2.05, 4.69) is 9.97 Å². The predicted octanol–water partition coefficient (Wildman–Crippen LogP) is 1.54. The van der Waals surface area contributed by atoms with E-state index in [1.165, 1.54) is 0 Å². The minimum absolute atomic E-state index is 0.0308. The summed E-state index contributed by atoms with van der Waals surface area (Å²) in [5.74, 6) is 0.351. The van der Waals surface area contributed by atoms with Crippen molar-refractivity contribution >= 4 is 21.8 Å². The van der Waals surface area contributed by atoms with Gasteiger partial charge < -0.3 is 4.74 Å². The van der Waals surface area contributed by atoms with E-state index in [4.69, 9.17) is 4.74 Å². The minimum atomic E-state index is -1.29. The lowest BCUT2D eigenvalue weighted by atomic mass is 10.2. The predicted molar refractivity (Wildman–Crippen MR) is 82.2 cm³/mol. The van der Waals surface area contributed by atoms with Crippen LogP contribution in [0.4, 0.5) is 0 Å². The van der Waals surface area contributed by atoms with Gasteiger partial charge in [0.1, 0.15) is 5.65 Å². The number of fused-ring (bicyclic) bond motifs is 6. The lowest BCUT2D eigenvalue weighted by Crippen LogP contribution is -2.28. The largest absolute Gasteiger partial charge is 0.376 e. The van der Waals surface area contributed by atoms with Crippen molar-refractivity contribution in [2.24, 2.45) is 0 Å². The van der Waals surface area contributed by atoms with Crippen LogP contribution in [0.25, 0.3) is 11.0 Å². The maximum absolute atomic E-state index is 12.8. The molecule has 6 nitrogen and oxygen atoms in total. The number of pyridine rings is 1. The third-order valence-electron chi connectivity index (χ3n) is 4.39. The Morgan fingerprint density at radius 3 is 2.95 bits per heavy atom. The van der Waals surface area contributed by atoms with E-state index in [1.807, 2.05) is 0 Å². The number of nitrogens with zero attached hydrogens (tertiary/aromatic N) is 3. The Hall–Kier alpha value is -1.60. The van der Waals surface area contributed by atoms with Crippen LogP contribution in [-0.2, 0) is 22.1 Å². The Morgan fingerprint density at radius 2 is 2.14 bits per heavy atom. The molecule has 2 aliphatic heterocycles. The third-order valence-corrected chi connectivity index (χ3v) is 5.53. The van der Waals surface area contributed by atoms with Crippen molar-refractivity contribution in [3.63, 3.8) is 0 Å². The van der Waals surface area contributed by atoms with E-state index < -0.39 is 10.8 Å². The molecule has 2 aromatic rings. The van der Waals surface area contributed by atoms with Crippen LogP contribution in [0.1, 0.15) is 37.3 Å². The standard InChI is InChI=1S/C15H17N3O3S/c19-14-11-7-10-8-16-15(22(20)6-5-21-9-11)17-13(10)18(14)12-3-1-2-4-12/h7-8,12H,1-6,9H2. The van der Waals surface area contributed by atoms with Gasteiger partial charge in [0.25, 0.3) is 5.56 Å². The van der Waals surface area contributed by atoms with Crippen LogP contribution in [0.2, 0.25) is 0 Å². The van der Waals surface area contributed by atoms with Gasteiger partial charge in [-0.2, -0.15) is 0 Å². The van der Waals surface area contributed by atoms with Crippen LogP contribution in [0.3, 0.4) is 0 Å². The molecule has 1 fully saturated rings. The van der Waals surface area contributed by atoms with Crippen LogP contribution in [0, 0.1) is 0 Å². The van der Waals surface area contributed by atoms with Gasteiger partial charge in [-0.1, -0.05) is 12.8 Å². The van der Waals surface area contributed by atoms with Gasteiger partial charge in [-0.15, -0.1) is 0 Å². The Morgan fingerprint density at radius 1 is 1.32 bits per heavy atom. The molecule has 0 aromatic carbocycles. The van der Waals surface area contributed by atoms with Crippen molar-refractivity contribution in [3.05, 3.63) is 28.2 Å². The van der Waals surface area contributed by atoms with Crippen LogP contribution in [0.5, 0.6) is 0 Å². The Kier molecular flexibility index (Phi) is 3.54. The number of ether oxygens (including phenoxy) is 1. The first-order valence-electron chi connectivity index (χ1n) is 7.61. The molecule has 3 aliphatic rings.